The largest absolute Gasteiger partial charge is 0.598 e. The molecule has 3 N–H and O–H groups in total. The van der Waals surface area contributed by atoms with Gasteiger partial charge in [-0.05, 0) is 51.9 Å². The Morgan fingerprint density at radius 2 is 1.95 bits per heavy atom. The van der Waals surface area contributed by atoms with Gasteiger partial charge in [-0.1, -0.05) is 0 Å². The van der Waals surface area contributed by atoms with Gasteiger partial charge in [0.2, 0.25) is 0 Å². The van der Waals surface area contributed by atoms with Crippen molar-refractivity contribution in [3.63, 3.8) is 0 Å². The fraction of sp³-hybridized carbons (Fsp3) is 0.933. The Kier molecular flexibility index (Phi) is 5.31. The van der Waals surface area contributed by atoms with Crippen molar-refractivity contribution in [3.05, 3.63) is 0 Å². The number of carboxylic acid groups (broad SMARTS) is 1. The molecule has 0 aromatic carbocycles. The molecule has 22 heavy (non-hydrogen) atoms. The highest BCUT2D eigenvalue weighted by Gasteiger charge is 2.52. The molecular formula is C15H28N2O4S. The molecule has 1 amide bonds. The number of carbonyl (C=O) groups is 1. The minimum atomic E-state index is -1.19. The van der Waals surface area contributed by atoms with E-state index >= 15 is 0 Å². The van der Waals surface area contributed by atoms with E-state index in [2.05, 4.69) is 4.72 Å². The van der Waals surface area contributed by atoms with Crippen LogP contribution in [0.4, 0.5) is 4.79 Å². The van der Waals surface area contributed by atoms with Crippen molar-refractivity contribution in [1.29, 1.82) is 0 Å². The molecule has 2 rings (SSSR count). The maximum absolute atomic E-state index is 12.5. The molecule has 0 radical (unpaired) electrons. The van der Waals surface area contributed by atoms with Gasteiger partial charge in [-0.15, -0.1) is 4.72 Å². The number of rotatable bonds is 3. The van der Waals surface area contributed by atoms with E-state index in [-0.39, 0.29) is 28.7 Å². The lowest BCUT2D eigenvalue weighted by Crippen LogP contribution is -2.56. The van der Waals surface area contributed by atoms with Gasteiger partial charge in [-0.3, -0.25) is 0 Å². The third-order valence-electron chi connectivity index (χ3n) is 5.20. The van der Waals surface area contributed by atoms with Crippen LogP contribution < -0.4 is 4.72 Å². The van der Waals surface area contributed by atoms with Gasteiger partial charge in [0.25, 0.3) is 0 Å². The summed E-state index contributed by atoms with van der Waals surface area (Å²) in [7, 11) is 0. The average Bonchev–Trinajstić information content (AvgIpc) is 2.76. The first-order valence-corrected chi connectivity index (χ1v) is 9.11. The van der Waals surface area contributed by atoms with Crippen LogP contribution in [0.2, 0.25) is 0 Å². The molecule has 2 fully saturated rings. The number of hydrogen-bond acceptors (Lipinski definition) is 4. The zero-order valence-electron chi connectivity index (χ0n) is 13.7. The summed E-state index contributed by atoms with van der Waals surface area (Å²) in [5, 5.41) is 18.8. The van der Waals surface area contributed by atoms with Gasteiger partial charge < -0.3 is 19.7 Å². The molecule has 7 heteroatoms. The third kappa shape index (κ3) is 3.53. The molecule has 1 heterocycles. The maximum Gasteiger partial charge on any atom is 0.407 e. The van der Waals surface area contributed by atoms with E-state index in [1.807, 2.05) is 20.8 Å². The number of nitrogens with one attached hydrogen (secondary N) is 1. The second-order valence-corrected chi connectivity index (χ2v) is 9.59. The van der Waals surface area contributed by atoms with Gasteiger partial charge in [0.05, 0.1) is 6.04 Å². The van der Waals surface area contributed by atoms with E-state index in [1.54, 1.807) is 0 Å². The minimum absolute atomic E-state index is 0.00602. The average molecular weight is 332 g/mol. The number of amides is 1. The predicted octanol–water partition coefficient (Wildman–Crippen LogP) is 1.57. The molecule has 3 atom stereocenters. The summed E-state index contributed by atoms with van der Waals surface area (Å²) in [5.74, 6) is 0.0997. The van der Waals surface area contributed by atoms with E-state index in [0.717, 1.165) is 25.7 Å². The van der Waals surface area contributed by atoms with Crippen LogP contribution in [-0.4, -0.2) is 56.2 Å². The van der Waals surface area contributed by atoms with Crippen molar-refractivity contribution in [1.82, 2.24) is 9.62 Å². The molecule has 2 unspecified atom stereocenters. The van der Waals surface area contributed by atoms with Gasteiger partial charge >= 0.3 is 6.09 Å². The summed E-state index contributed by atoms with van der Waals surface area (Å²) in [6.07, 6.45) is 2.55. The lowest BCUT2D eigenvalue weighted by molar-refractivity contribution is 0.0707. The Balaban J connectivity index is 2.11. The molecular weight excluding hydrogens is 304 g/mol. The molecule has 0 bridgehead atoms. The van der Waals surface area contributed by atoms with Crippen LogP contribution in [0.15, 0.2) is 0 Å². The molecule has 6 nitrogen and oxygen atoms in total. The van der Waals surface area contributed by atoms with Crippen LogP contribution in [0, 0.1) is 11.3 Å². The molecule has 2 aliphatic rings. The second-order valence-electron chi connectivity index (χ2n) is 7.59. The van der Waals surface area contributed by atoms with Crippen molar-refractivity contribution < 1.29 is 19.6 Å². The molecule has 0 aromatic heterocycles. The van der Waals surface area contributed by atoms with Crippen molar-refractivity contribution in [3.8, 4) is 0 Å². The molecule has 1 spiro atoms. The minimum Gasteiger partial charge on any atom is -0.598 e. The Bertz CT molecular complexity index is 405. The van der Waals surface area contributed by atoms with Crippen LogP contribution in [0.5, 0.6) is 0 Å². The first kappa shape index (κ1) is 17.8. The first-order valence-electron chi connectivity index (χ1n) is 7.96. The summed E-state index contributed by atoms with van der Waals surface area (Å²) < 4.78 is 15.4. The fourth-order valence-corrected chi connectivity index (χ4v) is 4.74. The van der Waals surface area contributed by atoms with Crippen LogP contribution in [0.3, 0.4) is 0 Å². The first-order chi connectivity index (χ1) is 10.2. The van der Waals surface area contributed by atoms with Crippen LogP contribution in [-0.2, 0) is 11.4 Å². The topological polar surface area (TPSA) is 95.9 Å². The highest BCUT2D eigenvalue weighted by atomic mass is 32.2. The van der Waals surface area contributed by atoms with Crippen molar-refractivity contribution >= 4 is 17.5 Å². The Morgan fingerprint density at radius 1 is 1.36 bits per heavy atom. The van der Waals surface area contributed by atoms with E-state index in [0.29, 0.717) is 13.1 Å². The molecule has 1 aliphatic carbocycles. The highest BCUT2D eigenvalue weighted by Crippen LogP contribution is 2.49. The standard InChI is InChI=1S/C15H28N2O4S/c1-14(2,3)22(21)16-12-11(10-18)4-5-15(12)6-8-17(9-7-15)13(19)20/h11-12,16,18H,4-10H2,1-3H3,(H,19,20)/t11?,12?,22-/m1/s1. The summed E-state index contributed by atoms with van der Waals surface area (Å²) in [6.45, 7) is 6.92. The van der Waals surface area contributed by atoms with Crippen LogP contribution >= 0.6 is 0 Å². The normalized spacial score (nSPS) is 29.8. The lowest BCUT2D eigenvalue weighted by Gasteiger charge is -2.44. The van der Waals surface area contributed by atoms with Crippen molar-refractivity contribution in [2.45, 2.75) is 57.2 Å². The summed E-state index contributed by atoms with van der Waals surface area (Å²) in [4.78, 5) is 12.5. The van der Waals surface area contributed by atoms with E-state index in [4.69, 9.17) is 5.11 Å². The number of hydrogen-bond donors (Lipinski definition) is 3. The lowest BCUT2D eigenvalue weighted by atomic mass is 9.73. The van der Waals surface area contributed by atoms with Crippen molar-refractivity contribution in [2.24, 2.45) is 11.3 Å². The molecule has 1 saturated heterocycles. The quantitative estimate of drug-likeness (QED) is 0.682. The Morgan fingerprint density at radius 3 is 2.41 bits per heavy atom. The van der Waals surface area contributed by atoms with Gasteiger partial charge in [0.1, 0.15) is 4.75 Å². The monoisotopic (exact) mass is 332 g/mol. The number of likely N-dealkylation sites (tertiary alicyclic amines) is 1. The second kappa shape index (κ2) is 6.55. The SMILES string of the molecule is CC(C)(C)[S@@+]([O-])NC1C(CO)CCC12CCN(C(=O)O)CC2. The number of aliphatic hydroxyl groups excluding tert-OH is 1. The zero-order chi connectivity index (χ0) is 16.5. The van der Waals surface area contributed by atoms with Gasteiger partial charge in [0, 0.05) is 37.0 Å². The van der Waals surface area contributed by atoms with Gasteiger partial charge in [-0.2, -0.15) is 0 Å². The highest BCUT2D eigenvalue weighted by molar-refractivity contribution is 7.90. The Hall–Kier alpha value is -0.500. The molecule has 128 valence electrons. The number of nitrogens with zero attached hydrogens (tertiary/aromatic N) is 1. The third-order valence-corrected chi connectivity index (χ3v) is 6.78. The van der Waals surface area contributed by atoms with E-state index in [1.165, 1.54) is 4.90 Å². The molecule has 1 saturated carbocycles. The Labute approximate surface area is 135 Å². The summed E-state index contributed by atoms with van der Waals surface area (Å²) >= 11 is -1.19. The van der Waals surface area contributed by atoms with Gasteiger partial charge in [0.15, 0.2) is 0 Å². The van der Waals surface area contributed by atoms with Crippen LogP contribution in [0.25, 0.3) is 0 Å². The van der Waals surface area contributed by atoms with E-state index in [9.17, 15) is 14.5 Å². The predicted molar refractivity (Wildman–Crippen MR) is 85.9 cm³/mol. The van der Waals surface area contributed by atoms with E-state index < -0.39 is 17.5 Å². The van der Waals surface area contributed by atoms with Crippen molar-refractivity contribution in [2.75, 3.05) is 19.7 Å². The smallest absolute Gasteiger partial charge is 0.407 e. The zero-order valence-corrected chi connectivity index (χ0v) is 14.5. The summed E-state index contributed by atoms with van der Waals surface area (Å²) in [6, 6.07) is -0.00602. The summed E-state index contributed by atoms with van der Waals surface area (Å²) in [5.41, 5.74) is -0.0414. The van der Waals surface area contributed by atoms with Gasteiger partial charge in [-0.25, -0.2) is 4.79 Å². The molecule has 0 aromatic rings. The maximum atomic E-state index is 12.5. The number of aliphatic hydroxyl groups is 1. The van der Waals surface area contributed by atoms with Crippen LogP contribution in [0.1, 0.15) is 46.5 Å². The number of piperidine rings is 1. The fourth-order valence-electron chi connectivity index (χ4n) is 3.71. The molecule has 1 aliphatic heterocycles.